The summed E-state index contributed by atoms with van der Waals surface area (Å²) in [4.78, 5) is 11.3. The molecule has 0 bridgehead atoms. The first-order chi connectivity index (χ1) is 7.06. The molecule has 82 valence electrons. The number of hydrogen-bond acceptors (Lipinski definition) is 1. The molecule has 0 unspecified atom stereocenters. The van der Waals surface area contributed by atoms with E-state index < -0.39 is 17.5 Å². The Kier molecular flexibility index (Phi) is 4.29. The fourth-order valence-electron chi connectivity index (χ4n) is 0.953. The zero-order chi connectivity index (χ0) is 11.4. The maximum absolute atomic E-state index is 13.2. The maximum Gasteiger partial charge on any atom is 0.254 e. The second kappa shape index (κ2) is 5.28. The molecule has 0 fully saturated rings. The van der Waals surface area contributed by atoms with Crippen LogP contribution < -0.4 is 5.32 Å². The Morgan fingerprint density at radius 1 is 1.33 bits per heavy atom. The Morgan fingerprint density at radius 3 is 2.60 bits per heavy atom. The van der Waals surface area contributed by atoms with Gasteiger partial charge in [0.25, 0.3) is 5.91 Å². The molecule has 0 saturated heterocycles. The smallest absolute Gasteiger partial charge is 0.254 e. The predicted octanol–water partition coefficient (Wildman–Crippen LogP) is 2.59. The van der Waals surface area contributed by atoms with E-state index in [9.17, 15) is 13.6 Å². The van der Waals surface area contributed by atoms with Gasteiger partial charge in [-0.05, 0) is 12.1 Å². The highest BCUT2D eigenvalue weighted by atomic mass is 35.5. The molecular formula is C9H7Cl2F2NO. The Morgan fingerprint density at radius 2 is 2.00 bits per heavy atom. The first-order valence-electron chi connectivity index (χ1n) is 4.05. The first kappa shape index (κ1) is 12.2. The standard InChI is InChI=1S/C9H7Cl2F2NO/c10-1-2-14-9(15)5-3-8(13)6(11)4-7(5)12/h3-4H,1-2H2,(H,14,15). The Bertz CT molecular complexity index is 385. The number of amides is 1. The van der Waals surface area contributed by atoms with Gasteiger partial charge in [0.05, 0.1) is 10.6 Å². The van der Waals surface area contributed by atoms with E-state index in [-0.39, 0.29) is 23.0 Å². The summed E-state index contributed by atoms with van der Waals surface area (Å²) in [6.45, 7) is 0.185. The van der Waals surface area contributed by atoms with Crippen LogP contribution in [-0.4, -0.2) is 18.3 Å². The van der Waals surface area contributed by atoms with Crippen LogP contribution in [0.5, 0.6) is 0 Å². The van der Waals surface area contributed by atoms with Crippen molar-refractivity contribution in [3.63, 3.8) is 0 Å². The molecular weight excluding hydrogens is 247 g/mol. The molecule has 2 nitrogen and oxygen atoms in total. The molecule has 1 rings (SSSR count). The Labute approximate surface area is 95.2 Å². The van der Waals surface area contributed by atoms with Crippen LogP contribution in [0.15, 0.2) is 12.1 Å². The molecule has 15 heavy (non-hydrogen) atoms. The fraction of sp³-hybridized carbons (Fsp3) is 0.222. The monoisotopic (exact) mass is 253 g/mol. The van der Waals surface area contributed by atoms with E-state index in [1.165, 1.54) is 0 Å². The molecule has 1 aromatic carbocycles. The molecule has 6 heteroatoms. The average molecular weight is 254 g/mol. The average Bonchev–Trinajstić information content (AvgIpc) is 2.20. The Balaban J connectivity index is 2.94. The molecule has 0 aliphatic heterocycles. The van der Waals surface area contributed by atoms with Crippen molar-refractivity contribution in [3.05, 3.63) is 34.4 Å². The van der Waals surface area contributed by atoms with Crippen molar-refractivity contribution >= 4 is 29.1 Å². The van der Waals surface area contributed by atoms with Crippen LogP contribution in [0.2, 0.25) is 5.02 Å². The van der Waals surface area contributed by atoms with Gasteiger partial charge in [0, 0.05) is 12.4 Å². The summed E-state index contributed by atoms with van der Waals surface area (Å²) in [5.74, 6) is -2.23. The minimum absolute atomic E-state index is 0.185. The number of halogens is 4. The summed E-state index contributed by atoms with van der Waals surface area (Å²) >= 11 is 10.7. The van der Waals surface area contributed by atoms with Crippen molar-refractivity contribution in [1.29, 1.82) is 0 Å². The van der Waals surface area contributed by atoms with Crippen molar-refractivity contribution < 1.29 is 13.6 Å². The highest BCUT2D eigenvalue weighted by Crippen LogP contribution is 2.19. The summed E-state index contributed by atoms with van der Waals surface area (Å²) < 4.78 is 26.1. The third-order valence-corrected chi connectivity index (χ3v) is 2.11. The molecule has 1 N–H and O–H groups in total. The van der Waals surface area contributed by atoms with Crippen LogP contribution in [0, 0.1) is 11.6 Å². The van der Waals surface area contributed by atoms with Crippen LogP contribution in [0.25, 0.3) is 0 Å². The normalized spacial score (nSPS) is 10.1. The van der Waals surface area contributed by atoms with Gasteiger partial charge >= 0.3 is 0 Å². The quantitative estimate of drug-likeness (QED) is 0.651. The van der Waals surface area contributed by atoms with Crippen molar-refractivity contribution in [2.45, 2.75) is 0 Å². The highest BCUT2D eigenvalue weighted by Gasteiger charge is 2.14. The summed E-state index contributed by atoms with van der Waals surface area (Å²) in [5.41, 5.74) is -0.387. The highest BCUT2D eigenvalue weighted by molar-refractivity contribution is 6.30. The van der Waals surface area contributed by atoms with E-state index in [1.807, 2.05) is 0 Å². The lowest BCUT2D eigenvalue weighted by atomic mass is 10.2. The van der Waals surface area contributed by atoms with E-state index >= 15 is 0 Å². The summed E-state index contributed by atoms with van der Waals surface area (Å²) in [5, 5.41) is 1.96. The van der Waals surface area contributed by atoms with Crippen LogP contribution >= 0.6 is 23.2 Å². The number of alkyl halides is 1. The SMILES string of the molecule is O=C(NCCCl)c1cc(F)c(Cl)cc1F. The largest absolute Gasteiger partial charge is 0.351 e. The van der Waals surface area contributed by atoms with Crippen molar-refractivity contribution in [2.75, 3.05) is 12.4 Å². The molecule has 0 aliphatic rings. The number of rotatable bonds is 3. The first-order valence-corrected chi connectivity index (χ1v) is 4.96. The minimum atomic E-state index is -0.867. The van der Waals surface area contributed by atoms with Crippen LogP contribution in [0.4, 0.5) is 8.78 Å². The number of carbonyl (C=O) groups is 1. The lowest BCUT2D eigenvalue weighted by Gasteiger charge is -2.05. The molecule has 0 spiro atoms. The van der Waals surface area contributed by atoms with E-state index in [4.69, 9.17) is 23.2 Å². The zero-order valence-electron chi connectivity index (χ0n) is 7.49. The van der Waals surface area contributed by atoms with Gasteiger partial charge in [0.1, 0.15) is 11.6 Å². The van der Waals surface area contributed by atoms with Gasteiger partial charge in [-0.1, -0.05) is 11.6 Å². The molecule has 0 saturated carbocycles. The number of benzene rings is 1. The lowest BCUT2D eigenvalue weighted by molar-refractivity contribution is 0.0951. The molecule has 0 heterocycles. The Hall–Kier alpha value is -0.870. The van der Waals surface area contributed by atoms with Gasteiger partial charge in [-0.3, -0.25) is 4.79 Å². The van der Waals surface area contributed by atoms with E-state index in [0.717, 1.165) is 12.1 Å². The van der Waals surface area contributed by atoms with E-state index in [2.05, 4.69) is 5.32 Å². The predicted molar refractivity (Wildman–Crippen MR) is 54.4 cm³/mol. The third-order valence-electron chi connectivity index (χ3n) is 1.63. The molecule has 0 aromatic heterocycles. The topological polar surface area (TPSA) is 29.1 Å². The molecule has 0 aliphatic carbocycles. The van der Waals surface area contributed by atoms with Gasteiger partial charge in [-0.25, -0.2) is 8.78 Å². The maximum atomic E-state index is 13.2. The van der Waals surface area contributed by atoms with E-state index in [0.29, 0.717) is 0 Å². The third kappa shape index (κ3) is 3.04. The lowest BCUT2D eigenvalue weighted by Crippen LogP contribution is -2.26. The molecule has 0 atom stereocenters. The minimum Gasteiger partial charge on any atom is -0.351 e. The number of hydrogen-bond donors (Lipinski definition) is 1. The van der Waals surface area contributed by atoms with Crippen molar-refractivity contribution in [2.24, 2.45) is 0 Å². The fourth-order valence-corrected chi connectivity index (χ4v) is 1.20. The molecule has 0 radical (unpaired) electrons. The molecule has 1 aromatic rings. The number of carbonyl (C=O) groups excluding carboxylic acids is 1. The van der Waals surface area contributed by atoms with Crippen LogP contribution in [0.3, 0.4) is 0 Å². The van der Waals surface area contributed by atoms with E-state index in [1.54, 1.807) is 0 Å². The van der Waals surface area contributed by atoms with Gasteiger partial charge in [0.2, 0.25) is 0 Å². The second-order valence-electron chi connectivity index (χ2n) is 2.69. The molecule has 1 amide bonds. The number of nitrogens with one attached hydrogen (secondary N) is 1. The summed E-state index contributed by atoms with van der Waals surface area (Å²) in [7, 11) is 0. The zero-order valence-corrected chi connectivity index (χ0v) is 9.00. The van der Waals surface area contributed by atoms with Crippen molar-refractivity contribution in [1.82, 2.24) is 5.32 Å². The van der Waals surface area contributed by atoms with Crippen LogP contribution in [0.1, 0.15) is 10.4 Å². The van der Waals surface area contributed by atoms with Gasteiger partial charge in [-0.15, -0.1) is 11.6 Å². The van der Waals surface area contributed by atoms with Gasteiger partial charge in [0.15, 0.2) is 0 Å². The van der Waals surface area contributed by atoms with Crippen LogP contribution in [-0.2, 0) is 0 Å². The summed E-state index contributed by atoms with van der Waals surface area (Å²) in [6, 6.07) is 1.51. The van der Waals surface area contributed by atoms with Gasteiger partial charge < -0.3 is 5.32 Å². The second-order valence-corrected chi connectivity index (χ2v) is 3.48. The van der Waals surface area contributed by atoms with Crippen molar-refractivity contribution in [3.8, 4) is 0 Å². The summed E-state index contributed by atoms with van der Waals surface area (Å²) in [6.07, 6.45) is 0. The van der Waals surface area contributed by atoms with Gasteiger partial charge in [-0.2, -0.15) is 0 Å².